The van der Waals surface area contributed by atoms with Crippen molar-refractivity contribution in [2.75, 3.05) is 35.6 Å². The minimum atomic E-state index is -4.81. The van der Waals surface area contributed by atoms with Crippen molar-refractivity contribution in [3.63, 3.8) is 0 Å². The molecule has 1 unspecified atom stereocenters. The van der Waals surface area contributed by atoms with Crippen LogP contribution in [0.4, 0.5) is 51.2 Å². The standard InChI is InChI=1S/C20H21N5O13S4.C20H21N5O2S/c1-22-23-13-9-15(41(29)30)11-8-14(39-37-35-27)19(20(26)17(11)18(13)21)25-24-12-5-4-10(7-16(12)42(31,32)33)3-2-6-34-40-38-36-28;1-13-3-9-17(10-4-13)28(26,27)25-16-7-5-15(6-8-16)23-24-20-11-14(2)18(21)12-19(20)22/h4-5,7-9,26-28H,2-3,6,21H2,1H3,(H,29,30)(H,31,32,33);3-12,25H,21-22H2,1-2H3. The number of aryl methyl sites for hydroxylation is 3. The van der Waals surface area contributed by atoms with Crippen LogP contribution in [-0.4, -0.2) is 59.4 Å². The first kappa shape index (κ1) is 54.7. The number of nitrogens with one attached hydrogen (secondary N) is 1. The Hall–Kier alpha value is -6.23. The maximum atomic E-state index is 12.4. The van der Waals surface area contributed by atoms with Crippen molar-refractivity contribution in [2.24, 2.45) is 30.7 Å². The molecule has 0 saturated carbocycles. The number of sulfonamides is 1. The summed E-state index contributed by atoms with van der Waals surface area (Å²) in [6.45, 7) is 3.90. The first-order chi connectivity index (χ1) is 33.3. The Balaban J connectivity index is 0.000000282. The molecule has 0 spiro atoms. The third-order valence-corrected chi connectivity index (χ3v) is 13.4. The Morgan fingerprint density at radius 1 is 0.771 bits per heavy atom. The van der Waals surface area contributed by atoms with E-state index in [1.54, 1.807) is 60.7 Å². The molecular weight excluding hydrogens is 1020 g/mol. The fourth-order valence-corrected chi connectivity index (χ4v) is 9.05. The van der Waals surface area contributed by atoms with Gasteiger partial charge in [0.1, 0.15) is 27.6 Å². The molecule has 0 aliphatic carbocycles. The largest absolute Gasteiger partial charge is 0.505 e. The van der Waals surface area contributed by atoms with E-state index in [1.807, 2.05) is 13.8 Å². The van der Waals surface area contributed by atoms with Crippen LogP contribution in [0.2, 0.25) is 0 Å². The van der Waals surface area contributed by atoms with Crippen molar-refractivity contribution in [1.29, 1.82) is 0 Å². The molecule has 0 bridgehead atoms. The quantitative estimate of drug-likeness (QED) is 0.00501. The van der Waals surface area contributed by atoms with Crippen LogP contribution in [0, 0.1) is 13.8 Å². The summed E-state index contributed by atoms with van der Waals surface area (Å²) >= 11 is -1.88. The number of fused-ring (bicyclic) bond motifs is 1. The second kappa shape index (κ2) is 25.1. The second-order valence-corrected chi connectivity index (χ2v) is 19.4. The van der Waals surface area contributed by atoms with E-state index in [1.165, 1.54) is 31.3 Å². The van der Waals surface area contributed by atoms with Crippen LogP contribution in [0.15, 0.2) is 141 Å². The van der Waals surface area contributed by atoms with Crippen LogP contribution in [-0.2, 0) is 60.6 Å². The van der Waals surface area contributed by atoms with E-state index in [9.17, 15) is 35.3 Å². The number of hydrogen-bond donors (Lipinski definition) is 9. The van der Waals surface area contributed by atoms with Crippen molar-refractivity contribution in [3.05, 3.63) is 108 Å². The van der Waals surface area contributed by atoms with Crippen LogP contribution in [0.1, 0.15) is 23.1 Å². The molecule has 0 fully saturated rings. The van der Waals surface area contributed by atoms with Gasteiger partial charge in [0.25, 0.3) is 20.1 Å². The highest BCUT2D eigenvalue weighted by Gasteiger charge is 2.24. The van der Waals surface area contributed by atoms with Gasteiger partial charge < -0.3 is 26.9 Å². The summed E-state index contributed by atoms with van der Waals surface area (Å²) in [7, 11) is -7.12. The molecule has 6 rings (SSSR count). The second-order valence-electron chi connectivity index (χ2n) is 14.1. The van der Waals surface area contributed by atoms with Crippen molar-refractivity contribution in [2.45, 2.75) is 46.3 Å². The van der Waals surface area contributed by atoms with Crippen LogP contribution >= 0.6 is 24.4 Å². The van der Waals surface area contributed by atoms with Gasteiger partial charge in [-0.1, -0.05) is 33.8 Å². The SMILES string of the molecule is CN=Nc1cc(S(=O)O)c2cc(SOOO)c(N=Nc3ccc(CCCOSOOO)cc3S(=O)(=O)O)c(O)c2c1N.Cc1ccc(S(=O)(=O)Nc2ccc(N=Nc3cc(C)c(N)cc3N)cc2)cc1. The summed E-state index contributed by atoms with van der Waals surface area (Å²) in [5, 5.41) is 58.1. The summed E-state index contributed by atoms with van der Waals surface area (Å²) < 4.78 is 96.8. The molecule has 0 aliphatic heterocycles. The number of anilines is 4. The number of nitrogens with zero attached hydrogens (tertiary/aromatic N) is 6. The summed E-state index contributed by atoms with van der Waals surface area (Å²) in [5.74, 6) is -0.684. The van der Waals surface area contributed by atoms with Gasteiger partial charge in [-0.3, -0.25) is 13.5 Å². The topological polar surface area (TPSA) is 397 Å². The molecule has 6 aromatic carbocycles. The highest BCUT2D eigenvalue weighted by Crippen LogP contribution is 2.49. The molecule has 0 radical (unpaired) electrons. The summed E-state index contributed by atoms with van der Waals surface area (Å²) in [6.07, 6.45) is 0.685. The zero-order valence-electron chi connectivity index (χ0n) is 36.6. The highest BCUT2D eigenvalue weighted by atomic mass is 32.2. The summed E-state index contributed by atoms with van der Waals surface area (Å²) in [6, 6.07) is 22.9. The van der Waals surface area contributed by atoms with Gasteiger partial charge in [-0.2, -0.15) is 23.8 Å². The van der Waals surface area contributed by atoms with Gasteiger partial charge in [0.05, 0.1) is 55.8 Å². The number of phenolic OH excluding ortho intramolecular Hbond substituents is 1. The first-order valence-corrected chi connectivity index (χ1v) is 24.9. The van der Waals surface area contributed by atoms with E-state index in [2.05, 4.69) is 54.2 Å². The molecule has 25 nitrogen and oxygen atoms in total. The molecule has 30 heteroatoms. The van der Waals surface area contributed by atoms with Crippen molar-refractivity contribution in [3.8, 4) is 5.75 Å². The van der Waals surface area contributed by atoms with Crippen molar-refractivity contribution >= 4 is 118 Å². The highest BCUT2D eigenvalue weighted by molar-refractivity contribution is 7.94. The number of aromatic hydroxyl groups is 1. The third-order valence-electron chi connectivity index (χ3n) is 9.37. The Labute approximate surface area is 410 Å². The number of azo groups is 3. The molecule has 0 aliphatic rings. The number of rotatable bonds is 20. The summed E-state index contributed by atoms with van der Waals surface area (Å²) in [5.41, 5.74) is 21.9. The van der Waals surface area contributed by atoms with Gasteiger partial charge in [-0.05, 0) is 111 Å². The average Bonchev–Trinajstić information content (AvgIpc) is 3.31. The predicted molar refractivity (Wildman–Crippen MR) is 260 cm³/mol. The molecule has 1 atom stereocenters. The van der Waals surface area contributed by atoms with Gasteiger partial charge >= 0.3 is 0 Å². The summed E-state index contributed by atoms with van der Waals surface area (Å²) in [4.78, 5) is -0.735. The smallest absolute Gasteiger partial charge is 0.296 e. The minimum absolute atomic E-state index is 0.0234. The molecule has 70 heavy (non-hydrogen) atoms. The number of hydrogen-bond acceptors (Lipinski definition) is 24. The molecule has 0 aromatic heterocycles. The Bertz CT molecular complexity index is 3170. The van der Waals surface area contributed by atoms with Gasteiger partial charge in [-0.25, -0.2) is 23.1 Å². The van der Waals surface area contributed by atoms with Crippen LogP contribution in [0.3, 0.4) is 0 Å². The van der Waals surface area contributed by atoms with Crippen LogP contribution < -0.4 is 21.9 Å². The molecule has 0 heterocycles. The van der Waals surface area contributed by atoms with Gasteiger partial charge in [0.15, 0.2) is 29.2 Å². The van der Waals surface area contributed by atoms with Gasteiger partial charge in [0.2, 0.25) is 0 Å². The van der Waals surface area contributed by atoms with E-state index in [0.717, 1.165) is 17.2 Å². The van der Waals surface area contributed by atoms with Gasteiger partial charge in [-0.15, -0.1) is 24.0 Å². The number of nitrogens with two attached hydrogens (primary N) is 3. The lowest BCUT2D eigenvalue weighted by atomic mass is 10.0. The van der Waals surface area contributed by atoms with Crippen molar-refractivity contribution < 1.29 is 68.7 Å². The van der Waals surface area contributed by atoms with Crippen molar-refractivity contribution in [1.82, 2.24) is 0 Å². The Morgan fingerprint density at radius 3 is 2.10 bits per heavy atom. The third kappa shape index (κ3) is 14.7. The molecule has 0 amide bonds. The van der Waals surface area contributed by atoms with E-state index in [0.29, 0.717) is 71.2 Å². The normalized spacial score (nSPS) is 12.5. The Kier molecular flexibility index (Phi) is 19.6. The van der Waals surface area contributed by atoms with E-state index in [4.69, 9.17) is 31.9 Å². The van der Waals surface area contributed by atoms with E-state index < -0.39 is 41.9 Å². The van der Waals surface area contributed by atoms with E-state index in [-0.39, 0.29) is 54.8 Å². The molecular formula is C40H42N10O15S5. The molecule has 372 valence electrons. The monoisotopic (exact) mass is 1060 g/mol. The van der Waals surface area contributed by atoms with Crippen LogP contribution in [0.5, 0.6) is 5.75 Å². The molecule has 6 aromatic rings. The fraction of sp³-hybridized carbons (Fsp3) is 0.150. The van der Waals surface area contributed by atoms with E-state index >= 15 is 0 Å². The zero-order valence-corrected chi connectivity index (χ0v) is 40.6. The van der Waals surface area contributed by atoms with Crippen LogP contribution in [0.25, 0.3) is 10.8 Å². The maximum absolute atomic E-state index is 12.4. The fourth-order valence-electron chi connectivity index (χ4n) is 6.02. The first-order valence-electron chi connectivity index (χ1n) is 19.5. The lowest BCUT2D eigenvalue weighted by Crippen LogP contribution is -2.12. The maximum Gasteiger partial charge on any atom is 0.296 e. The molecule has 12 N–H and O–H groups in total. The predicted octanol–water partition coefficient (Wildman–Crippen LogP) is 10.1. The average molecular weight is 1060 g/mol. The zero-order chi connectivity index (χ0) is 51.2. The molecule has 0 saturated heterocycles. The number of phenols is 1. The lowest BCUT2D eigenvalue weighted by Gasteiger charge is -2.14. The lowest BCUT2D eigenvalue weighted by molar-refractivity contribution is -0.434. The number of benzene rings is 6. The minimum Gasteiger partial charge on any atom is -0.505 e. The Morgan fingerprint density at radius 2 is 1.46 bits per heavy atom. The van der Waals surface area contributed by atoms with Gasteiger partial charge in [0, 0.05) is 23.8 Å². The number of nitrogen functional groups attached to an aromatic ring is 3.